The number of anilines is 1. The maximum absolute atomic E-state index is 11.6. The van der Waals surface area contributed by atoms with Gasteiger partial charge in [-0.2, -0.15) is 0 Å². The van der Waals surface area contributed by atoms with Crippen molar-refractivity contribution in [2.24, 2.45) is 0 Å². The van der Waals surface area contributed by atoms with Gasteiger partial charge in [0.15, 0.2) is 9.84 Å². The highest BCUT2D eigenvalue weighted by atomic mass is 35.5. The quantitative estimate of drug-likeness (QED) is 0.917. The molecular weight excluding hydrogens is 310 g/mol. The second kappa shape index (κ2) is 5.73. The van der Waals surface area contributed by atoms with Gasteiger partial charge in [-0.1, -0.05) is 11.6 Å². The molecule has 1 aromatic carbocycles. The third-order valence-corrected chi connectivity index (χ3v) is 4.72. The predicted octanol–water partition coefficient (Wildman–Crippen LogP) is 4.13. The average molecular weight is 328 g/mol. The summed E-state index contributed by atoms with van der Waals surface area (Å²) >= 11 is 6.14. The Morgan fingerprint density at radius 2 is 1.90 bits per heavy atom. The number of aryl methyl sites for hydroxylation is 2. The molecule has 0 aliphatic rings. The largest absolute Gasteiger partial charge is 0.466 e. The summed E-state index contributed by atoms with van der Waals surface area (Å²) in [4.78, 5) is 0.238. The van der Waals surface area contributed by atoms with Crippen LogP contribution in [0, 0.1) is 13.8 Å². The lowest BCUT2D eigenvalue weighted by molar-refractivity contribution is 0.500. The maximum Gasteiger partial charge on any atom is 0.175 e. The Hall–Kier alpha value is -1.46. The fraction of sp³-hybridized carbons (Fsp3) is 0.333. The Kier molecular flexibility index (Phi) is 4.35. The van der Waals surface area contributed by atoms with Crippen LogP contribution in [0.3, 0.4) is 0 Å². The molecule has 0 radical (unpaired) electrons. The molecule has 1 unspecified atom stereocenters. The van der Waals surface area contributed by atoms with E-state index in [4.69, 9.17) is 16.0 Å². The van der Waals surface area contributed by atoms with Crippen LogP contribution in [-0.4, -0.2) is 14.7 Å². The van der Waals surface area contributed by atoms with E-state index in [0.29, 0.717) is 10.7 Å². The highest BCUT2D eigenvalue weighted by Gasteiger charge is 2.15. The summed E-state index contributed by atoms with van der Waals surface area (Å²) in [6.07, 6.45) is 1.17. The van der Waals surface area contributed by atoms with Crippen molar-refractivity contribution in [3.05, 3.63) is 46.4 Å². The fourth-order valence-corrected chi connectivity index (χ4v) is 3.06. The molecule has 2 rings (SSSR count). The minimum absolute atomic E-state index is 0.0465. The summed E-state index contributed by atoms with van der Waals surface area (Å²) in [6.45, 7) is 5.76. The van der Waals surface area contributed by atoms with Crippen molar-refractivity contribution >= 4 is 27.1 Å². The zero-order chi connectivity index (χ0) is 15.8. The van der Waals surface area contributed by atoms with E-state index in [1.807, 2.05) is 26.8 Å². The van der Waals surface area contributed by atoms with E-state index in [2.05, 4.69) is 5.32 Å². The van der Waals surface area contributed by atoms with Gasteiger partial charge in [0.1, 0.15) is 11.5 Å². The second-order valence-electron chi connectivity index (χ2n) is 5.15. The van der Waals surface area contributed by atoms with Gasteiger partial charge in [-0.05, 0) is 45.0 Å². The molecule has 6 heteroatoms. The highest BCUT2D eigenvalue weighted by Crippen LogP contribution is 2.30. The highest BCUT2D eigenvalue weighted by molar-refractivity contribution is 7.90. The number of hydrogen-bond acceptors (Lipinski definition) is 4. The molecule has 1 N–H and O–H groups in total. The van der Waals surface area contributed by atoms with Crippen molar-refractivity contribution < 1.29 is 12.8 Å². The number of sulfone groups is 1. The minimum Gasteiger partial charge on any atom is -0.466 e. The Labute approximate surface area is 130 Å². The van der Waals surface area contributed by atoms with Crippen molar-refractivity contribution in [2.45, 2.75) is 31.7 Å². The number of furan rings is 1. The lowest BCUT2D eigenvalue weighted by Crippen LogP contribution is -2.08. The molecule has 1 aromatic heterocycles. The third kappa shape index (κ3) is 3.60. The SMILES string of the molecule is Cc1cc(C(C)Nc2cc(S(C)(=O)=O)ccc2Cl)c(C)o1. The first kappa shape index (κ1) is 15.9. The Balaban J connectivity index is 2.33. The van der Waals surface area contributed by atoms with Gasteiger partial charge in [0.05, 0.1) is 21.6 Å². The first-order chi connectivity index (χ1) is 9.68. The van der Waals surface area contributed by atoms with Crippen LogP contribution in [0.1, 0.15) is 30.0 Å². The normalized spacial score (nSPS) is 13.2. The van der Waals surface area contributed by atoms with Crippen LogP contribution in [0.5, 0.6) is 0 Å². The van der Waals surface area contributed by atoms with Crippen molar-refractivity contribution in [3.8, 4) is 0 Å². The lowest BCUT2D eigenvalue weighted by Gasteiger charge is -2.16. The van der Waals surface area contributed by atoms with E-state index in [1.165, 1.54) is 12.3 Å². The minimum atomic E-state index is -3.26. The first-order valence-electron chi connectivity index (χ1n) is 6.51. The van der Waals surface area contributed by atoms with Crippen molar-refractivity contribution in [1.29, 1.82) is 0 Å². The monoisotopic (exact) mass is 327 g/mol. The van der Waals surface area contributed by atoms with Gasteiger partial charge < -0.3 is 9.73 Å². The maximum atomic E-state index is 11.6. The Morgan fingerprint density at radius 1 is 1.24 bits per heavy atom. The molecule has 0 fully saturated rings. The van der Waals surface area contributed by atoms with Gasteiger partial charge in [-0.3, -0.25) is 0 Å². The molecule has 0 spiro atoms. The van der Waals surface area contributed by atoms with E-state index in [0.717, 1.165) is 17.1 Å². The summed E-state index contributed by atoms with van der Waals surface area (Å²) in [5.41, 5.74) is 1.61. The van der Waals surface area contributed by atoms with Gasteiger partial charge in [-0.25, -0.2) is 8.42 Å². The van der Waals surface area contributed by atoms with E-state index in [-0.39, 0.29) is 10.9 Å². The molecule has 0 aliphatic carbocycles. The van der Waals surface area contributed by atoms with Gasteiger partial charge in [-0.15, -0.1) is 0 Å². The van der Waals surface area contributed by atoms with Crippen LogP contribution < -0.4 is 5.32 Å². The molecule has 4 nitrogen and oxygen atoms in total. The van der Waals surface area contributed by atoms with Crippen molar-refractivity contribution in [2.75, 3.05) is 11.6 Å². The lowest BCUT2D eigenvalue weighted by atomic mass is 10.1. The van der Waals surface area contributed by atoms with E-state index >= 15 is 0 Å². The Bertz CT molecular complexity index is 765. The molecule has 0 bridgehead atoms. The first-order valence-corrected chi connectivity index (χ1v) is 8.78. The van der Waals surface area contributed by atoms with Gasteiger partial charge >= 0.3 is 0 Å². The molecule has 0 aliphatic heterocycles. The average Bonchev–Trinajstić information content (AvgIpc) is 2.70. The zero-order valence-corrected chi connectivity index (χ0v) is 14.0. The van der Waals surface area contributed by atoms with Crippen LogP contribution in [0.2, 0.25) is 5.02 Å². The number of halogens is 1. The second-order valence-corrected chi connectivity index (χ2v) is 7.57. The Morgan fingerprint density at radius 3 is 2.43 bits per heavy atom. The van der Waals surface area contributed by atoms with Crippen LogP contribution in [0.4, 0.5) is 5.69 Å². The number of nitrogens with one attached hydrogen (secondary N) is 1. The zero-order valence-electron chi connectivity index (χ0n) is 12.4. The van der Waals surface area contributed by atoms with Crippen LogP contribution >= 0.6 is 11.6 Å². The summed E-state index contributed by atoms with van der Waals surface area (Å²) in [5, 5.41) is 3.72. The van der Waals surface area contributed by atoms with Crippen LogP contribution in [0.15, 0.2) is 33.6 Å². The molecule has 0 saturated carbocycles. The van der Waals surface area contributed by atoms with Gasteiger partial charge in [0.2, 0.25) is 0 Å². The number of benzene rings is 1. The van der Waals surface area contributed by atoms with E-state index < -0.39 is 9.84 Å². The summed E-state index contributed by atoms with van der Waals surface area (Å²) < 4.78 is 28.8. The molecule has 0 amide bonds. The van der Waals surface area contributed by atoms with Gasteiger partial charge in [0, 0.05) is 11.8 Å². The molecule has 1 atom stereocenters. The molecule has 0 saturated heterocycles. The number of hydrogen-bond donors (Lipinski definition) is 1. The van der Waals surface area contributed by atoms with Crippen molar-refractivity contribution in [1.82, 2.24) is 0 Å². The van der Waals surface area contributed by atoms with Gasteiger partial charge in [0.25, 0.3) is 0 Å². The number of rotatable bonds is 4. The smallest absolute Gasteiger partial charge is 0.175 e. The van der Waals surface area contributed by atoms with Crippen LogP contribution in [0.25, 0.3) is 0 Å². The fourth-order valence-electron chi connectivity index (χ4n) is 2.24. The molecule has 1 heterocycles. The summed E-state index contributed by atoms with van der Waals surface area (Å²) in [7, 11) is -3.26. The molecular formula is C15H18ClNO3S. The standard InChI is InChI=1S/C15H18ClNO3S/c1-9-7-13(11(3)20-9)10(2)17-15-8-12(21(4,18)19)5-6-14(15)16/h5-8,10,17H,1-4H3. The molecule has 21 heavy (non-hydrogen) atoms. The van der Waals surface area contributed by atoms with E-state index in [9.17, 15) is 8.42 Å². The van der Waals surface area contributed by atoms with Crippen molar-refractivity contribution in [3.63, 3.8) is 0 Å². The van der Waals surface area contributed by atoms with Crippen LogP contribution in [-0.2, 0) is 9.84 Å². The predicted molar refractivity (Wildman–Crippen MR) is 84.8 cm³/mol. The summed E-state index contributed by atoms with van der Waals surface area (Å²) in [6, 6.07) is 6.55. The molecule has 2 aromatic rings. The molecule has 114 valence electrons. The van der Waals surface area contributed by atoms with E-state index in [1.54, 1.807) is 12.1 Å². The summed E-state index contributed by atoms with van der Waals surface area (Å²) in [5.74, 6) is 1.68. The third-order valence-electron chi connectivity index (χ3n) is 3.28. The topological polar surface area (TPSA) is 59.3 Å².